The van der Waals surface area contributed by atoms with Crippen LogP contribution in [-0.2, 0) is 0 Å². The Balaban J connectivity index is 1.08. The zero-order valence-corrected chi connectivity index (χ0v) is 31.6. The average molecular weight is 757 g/mol. The normalized spacial score (nSPS) is 12.1. The lowest BCUT2D eigenvalue weighted by molar-refractivity contribution is 0.668. The largest absolute Gasteiger partial charge is 0.456 e. The topological polar surface area (TPSA) is 47.6 Å². The van der Waals surface area contributed by atoms with Gasteiger partial charge in [-0.1, -0.05) is 115 Å². The molecule has 4 heterocycles. The second-order valence-electron chi connectivity index (χ2n) is 15.2. The van der Waals surface area contributed by atoms with E-state index in [1.165, 1.54) is 10.8 Å². The van der Waals surface area contributed by atoms with Crippen molar-refractivity contribution < 1.29 is 13.3 Å². The Bertz CT molecular complexity index is 3810. The second kappa shape index (κ2) is 12.2. The highest BCUT2D eigenvalue weighted by molar-refractivity contribution is 6.18. The number of aromatic nitrogens is 1. The van der Waals surface area contributed by atoms with Crippen LogP contribution in [0.25, 0.3) is 104 Å². The molecule has 0 N–H and O–H groups in total. The maximum absolute atomic E-state index is 7.00. The Hall–Kier alpha value is -8.02. The van der Waals surface area contributed by atoms with E-state index in [0.29, 0.717) is 0 Å². The van der Waals surface area contributed by atoms with Crippen LogP contribution < -0.4 is 4.90 Å². The van der Waals surface area contributed by atoms with Crippen LogP contribution in [0.1, 0.15) is 0 Å². The molecule has 0 aliphatic heterocycles. The molecule has 0 radical (unpaired) electrons. The molecule has 0 aliphatic rings. The first-order valence-corrected chi connectivity index (χ1v) is 19.9. The highest BCUT2D eigenvalue weighted by atomic mass is 16.3. The van der Waals surface area contributed by atoms with Gasteiger partial charge in [0.15, 0.2) is 0 Å². The van der Waals surface area contributed by atoms with Crippen molar-refractivity contribution in [2.45, 2.75) is 0 Å². The molecule has 0 saturated carbocycles. The first-order chi connectivity index (χ1) is 29.3. The van der Waals surface area contributed by atoms with Gasteiger partial charge in [0.25, 0.3) is 0 Å². The molecule has 0 bridgehead atoms. The molecule has 276 valence electrons. The highest BCUT2D eigenvalue weighted by Crippen LogP contribution is 2.47. The van der Waals surface area contributed by atoms with E-state index >= 15 is 0 Å². The first-order valence-electron chi connectivity index (χ1n) is 19.9. The maximum Gasteiger partial charge on any atom is 0.143 e. The van der Waals surface area contributed by atoms with Crippen molar-refractivity contribution in [2.75, 3.05) is 4.90 Å². The summed E-state index contributed by atoms with van der Waals surface area (Å²) in [7, 11) is 0. The lowest BCUT2D eigenvalue weighted by Gasteiger charge is -2.27. The summed E-state index contributed by atoms with van der Waals surface area (Å²) in [5.41, 5.74) is 13.6. The summed E-state index contributed by atoms with van der Waals surface area (Å²) in [6.45, 7) is 0. The zero-order chi connectivity index (χ0) is 38.6. The van der Waals surface area contributed by atoms with E-state index < -0.39 is 0 Å². The van der Waals surface area contributed by atoms with Crippen LogP contribution in [0.15, 0.2) is 207 Å². The van der Waals surface area contributed by atoms with Gasteiger partial charge in [0, 0.05) is 71.8 Å². The number of para-hydroxylation sites is 6. The fraction of sp³-hybridized carbons (Fsp3) is 0. The molecule has 0 amide bonds. The quantitative estimate of drug-likeness (QED) is 0.175. The molecule has 13 rings (SSSR count). The summed E-state index contributed by atoms with van der Waals surface area (Å²) in [6, 6.07) is 68.3. The number of hydrogen-bond donors (Lipinski definition) is 0. The minimum Gasteiger partial charge on any atom is -0.456 e. The second-order valence-corrected chi connectivity index (χ2v) is 15.2. The van der Waals surface area contributed by atoms with E-state index in [9.17, 15) is 0 Å². The van der Waals surface area contributed by atoms with Crippen molar-refractivity contribution in [3.63, 3.8) is 0 Å². The Morgan fingerprint density at radius 2 is 0.966 bits per heavy atom. The van der Waals surface area contributed by atoms with E-state index in [2.05, 4.69) is 173 Å². The summed E-state index contributed by atoms with van der Waals surface area (Å²) < 4.78 is 22.0. The number of hydrogen-bond acceptors (Lipinski definition) is 4. The van der Waals surface area contributed by atoms with Crippen LogP contribution in [0.5, 0.6) is 0 Å². The molecule has 0 saturated heterocycles. The molecule has 4 aromatic heterocycles. The number of rotatable bonds is 5. The highest BCUT2D eigenvalue weighted by Gasteiger charge is 2.24. The van der Waals surface area contributed by atoms with Gasteiger partial charge < -0.3 is 22.7 Å². The van der Waals surface area contributed by atoms with Gasteiger partial charge in [-0.3, -0.25) is 0 Å². The predicted molar refractivity (Wildman–Crippen MR) is 243 cm³/mol. The number of anilines is 3. The minimum atomic E-state index is 0.810. The lowest BCUT2D eigenvalue weighted by Crippen LogP contribution is -2.11. The van der Waals surface area contributed by atoms with Crippen LogP contribution in [0.3, 0.4) is 0 Å². The van der Waals surface area contributed by atoms with Gasteiger partial charge in [0.2, 0.25) is 0 Å². The summed E-state index contributed by atoms with van der Waals surface area (Å²) >= 11 is 0. The molecule has 9 aromatic carbocycles. The summed E-state index contributed by atoms with van der Waals surface area (Å²) in [5.74, 6) is 0. The van der Waals surface area contributed by atoms with Gasteiger partial charge in [-0.2, -0.15) is 0 Å². The third-order valence-corrected chi connectivity index (χ3v) is 12.0. The Kier molecular flexibility index (Phi) is 6.66. The van der Waals surface area contributed by atoms with E-state index in [4.69, 9.17) is 13.3 Å². The molecule has 0 aliphatic carbocycles. The molecule has 0 fully saturated rings. The monoisotopic (exact) mass is 756 g/mol. The molecular weight excluding hydrogens is 725 g/mol. The third kappa shape index (κ3) is 4.67. The van der Waals surface area contributed by atoms with Crippen molar-refractivity contribution in [3.05, 3.63) is 194 Å². The maximum atomic E-state index is 7.00. The zero-order valence-electron chi connectivity index (χ0n) is 31.6. The van der Waals surface area contributed by atoms with Crippen molar-refractivity contribution in [1.29, 1.82) is 0 Å². The van der Waals surface area contributed by atoms with Crippen molar-refractivity contribution in [2.24, 2.45) is 0 Å². The number of benzene rings is 9. The molecule has 0 spiro atoms. The minimum absolute atomic E-state index is 0.810. The van der Waals surface area contributed by atoms with Crippen molar-refractivity contribution in [1.82, 2.24) is 4.57 Å². The van der Waals surface area contributed by atoms with Gasteiger partial charge >= 0.3 is 0 Å². The summed E-state index contributed by atoms with van der Waals surface area (Å²) in [4.78, 5) is 2.37. The Morgan fingerprint density at radius 3 is 1.86 bits per heavy atom. The van der Waals surface area contributed by atoms with E-state index in [0.717, 1.165) is 111 Å². The first kappa shape index (κ1) is 32.1. The van der Waals surface area contributed by atoms with E-state index in [1.54, 1.807) is 0 Å². The molecule has 59 heavy (non-hydrogen) atoms. The fourth-order valence-corrected chi connectivity index (χ4v) is 9.44. The molecule has 13 aromatic rings. The van der Waals surface area contributed by atoms with E-state index in [1.807, 2.05) is 30.3 Å². The third-order valence-electron chi connectivity index (χ3n) is 12.0. The number of nitrogens with zero attached hydrogens (tertiary/aromatic N) is 2. The van der Waals surface area contributed by atoms with Crippen LogP contribution in [0, 0.1) is 0 Å². The Labute approximate surface area is 337 Å². The molecule has 5 heteroatoms. The van der Waals surface area contributed by atoms with Gasteiger partial charge in [0.1, 0.15) is 33.5 Å². The molecule has 5 nitrogen and oxygen atoms in total. The summed E-state index contributed by atoms with van der Waals surface area (Å²) in [5, 5.41) is 8.83. The molecule has 0 unspecified atom stereocenters. The molecule has 0 atom stereocenters. The Morgan fingerprint density at radius 1 is 0.356 bits per heavy atom. The van der Waals surface area contributed by atoms with Gasteiger partial charge in [-0.15, -0.1) is 0 Å². The van der Waals surface area contributed by atoms with Crippen molar-refractivity contribution >= 4 is 105 Å². The predicted octanol–water partition coefficient (Wildman–Crippen LogP) is 15.6. The molecular formula is C54H32N2O3. The SMILES string of the molecule is c1ccc(-n2c3ccccc3c3cccc(N(c4ccc5c(c4)oc4c(-c6cccc7oc8ccccc8c67)cccc45)c4ccc5oc6ccccc6c5c4)c32)cc1. The van der Waals surface area contributed by atoms with Crippen molar-refractivity contribution in [3.8, 4) is 16.8 Å². The van der Waals surface area contributed by atoms with Gasteiger partial charge in [-0.05, 0) is 78.4 Å². The number of fused-ring (bicyclic) bond motifs is 12. The number of furan rings is 3. The lowest BCUT2D eigenvalue weighted by atomic mass is 9.97. The summed E-state index contributed by atoms with van der Waals surface area (Å²) in [6.07, 6.45) is 0. The van der Waals surface area contributed by atoms with Crippen LogP contribution in [0.2, 0.25) is 0 Å². The fourth-order valence-electron chi connectivity index (χ4n) is 9.44. The smallest absolute Gasteiger partial charge is 0.143 e. The van der Waals surface area contributed by atoms with Crippen LogP contribution >= 0.6 is 0 Å². The van der Waals surface area contributed by atoms with Crippen LogP contribution in [0.4, 0.5) is 17.1 Å². The van der Waals surface area contributed by atoms with Gasteiger partial charge in [0.05, 0.1) is 16.7 Å². The van der Waals surface area contributed by atoms with E-state index in [-0.39, 0.29) is 0 Å². The standard InChI is InChI=1S/C54H32N2O3/c1-2-13-33(14-3-1)56-45-22-7-4-15-36(45)40-19-11-23-46(53(40)56)55(34-28-30-49-44(31-34)37-16-5-8-24-47(37)57-49)35-27-29-38-41-20-10-21-42(54(41)59-51(38)32-35)39-18-12-26-50-52(39)43-17-6-9-25-48(43)58-50/h1-32H. The van der Waals surface area contributed by atoms with Gasteiger partial charge in [-0.25, -0.2) is 0 Å². The average Bonchev–Trinajstić information content (AvgIpc) is 4.06. The van der Waals surface area contributed by atoms with Crippen LogP contribution in [-0.4, -0.2) is 4.57 Å².